The van der Waals surface area contributed by atoms with E-state index in [1.54, 1.807) is 29.5 Å². The predicted octanol–water partition coefficient (Wildman–Crippen LogP) is 3.80. The molecule has 0 atom stereocenters. The van der Waals surface area contributed by atoms with Gasteiger partial charge in [-0.2, -0.15) is 0 Å². The highest BCUT2D eigenvalue weighted by atomic mass is 79.9. The molecule has 2 nitrogen and oxygen atoms in total. The first-order chi connectivity index (χ1) is 7.27. The highest BCUT2D eigenvalue weighted by molar-refractivity contribution is 9.10. The van der Waals surface area contributed by atoms with Gasteiger partial charge in [-0.3, -0.25) is 0 Å². The Hall–Kier alpha value is -1.00. The highest BCUT2D eigenvalue weighted by Crippen LogP contribution is 2.28. The quantitative estimate of drug-likeness (QED) is 0.929. The number of benzene rings is 1. The van der Waals surface area contributed by atoms with Crippen molar-refractivity contribution in [2.24, 2.45) is 0 Å². The summed E-state index contributed by atoms with van der Waals surface area (Å²) in [6, 6.07) is 8.94. The van der Waals surface area contributed by atoms with E-state index in [0.29, 0.717) is 12.4 Å². The van der Waals surface area contributed by atoms with Gasteiger partial charge in [0.15, 0.2) is 11.5 Å². The zero-order valence-electron chi connectivity index (χ0n) is 7.81. The van der Waals surface area contributed by atoms with Crippen molar-refractivity contribution in [2.45, 2.75) is 6.61 Å². The molecule has 0 spiro atoms. The van der Waals surface area contributed by atoms with Crippen LogP contribution in [0, 0.1) is 0 Å². The first-order valence-corrected chi connectivity index (χ1v) is 6.07. The maximum absolute atomic E-state index is 9.48. The zero-order chi connectivity index (χ0) is 10.7. The molecule has 1 heterocycles. The van der Waals surface area contributed by atoms with Crippen molar-refractivity contribution in [3.8, 4) is 11.5 Å². The van der Waals surface area contributed by atoms with Gasteiger partial charge in [-0.25, -0.2) is 0 Å². The van der Waals surface area contributed by atoms with Crippen LogP contribution in [0.3, 0.4) is 0 Å². The van der Waals surface area contributed by atoms with E-state index < -0.39 is 0 Å². The normalized spacial score (nSPS) is 10.2. The van der Waals surface area contributed by atoms with E-state index in [-0.39, 0.29) is 5.75 Å². The topological polar surface area (TPSA) is 29.5 Å². The van der Waals surface area contributed by atoms with Gasteiger partial charge in [0.1, 0.15) is 6.61 Å². The Kier molecular flexibility index (Phi) is 3.28. The Morgan fingerprint density at radius 3 is 2.73 bits per heavy atom. The van der Waals surface area contributed by atoms with E-state index in [1.165, 1.54) is 0 Å². The van der Waals surface area contributed by atoms with Gasteiger partial charge in [-0.1, -0.05) is 12.1 Å². The van der Waals surface area contributed by atoms with Crippen molar-refractivity contribution in [3.05, 3.63) is 45.1 Å². The third kappa shape index (κ3) is 2.52. The summed E-state index contributed by atoms with van der Waals surface area (Å²) in [4.78, 5) is 1.11. The van der Waals surface area contributed by atoms with Crippen LogP contribution >= 0.6 is 27.3 Å². The molecular formula is C11H9BrO2S. The third-order valence-corrected chi connectivity index (χ3v) is 3.81. The second kappa shape index (κ2) is 4.68. The van der Waals surface area contributed by atoms with Crippen molar-refractivity contribution < 1.29 is 9.84 Å². The smallest absolute Gasteiger partial charge is 0.161 e. The van der Waals surface area contributed by atoms with Gasteiger partial charge in [-0.05, 0) is 39.5 Å². The van der Waals surface area contributed by atoms with Crippen LogP contribution in [0.25, 0.3) is 0 Å². The predicted molar refractivity (Wildman–Crippen MR) is 64.5 cm³/mol. The van der Waals surface area contributed by atoms with E-state index in [4.69, 9.17) is 4.74 Å². The Bertz CT molecular complexity index is 453. The number of phenols is 1. The lowest BCUT2D eigenvalue weighted by atomic mass is 10.3. The summed E-state index contributed by atoms with van der Waals surface area (Å²) in [5.74, 6) is 0.683. The van der Waals surface area contributed by atoms with Crippen LogP contribution in [0.15, 0.2) is 40.2 Å². The molecule has 15 heavy (non-hydrogen) atoms. The largest absolute Gasteiger partial charge is 0.504 e. The molecular weight excluding hydrogens is 276 g/mol. The minimum absolute atomic E-state index is 0.171. The van der Waals surface area contributed by atoms with Gasteiger partial charge >= 0.3 is 0 Å². The molecule has 0 fully saturated rings. The van der Waals surface area contributed by atoms with Crippen LogP contribution in [0.1, 0.15) is 4.88 Å². The average Bonchev–Trinajstić information content (AvgIpc) is 2.63. The first-order valence-electron chi connectivity index (χ1n) is 4.40. The zero-order valence-corrected chi connectivity index (χ0v) is 10.2. The maximum Gasteiger partial charge on any atom is 0.161 e. The standard InChI is InChI=1S/C11H9BrO2S/c12-8-5-6-15-11(8)7-14-10-4-2-1-3-9(10)13/h1-6,13H,7H2. The number of phenolic OH excluding ortho intramolecular Hbond substituents is 1. The van der Waals surface area contributed by atoms with Crippen LogP contribution < -0.4 is 4.74 Å². The number of ether oxygens (including phenoxy) is 1. The average molecular weight is 285 g/mol. The number of para-hydroxylation sites is 2. The second-order valence-corrected chi connectivity index (χ2v) is 4.80. The van der Waals surface area contributed by atoms with Crippen LogP contribution in [0.2, 0.25) is 0 Å². The number of halogens is 1. The molecule has 2 rings (SSSR count). The Morgan fingerprint density at radius 2 is 2.07 bits per heavy atom. The molecule has 0 saturated heterocycles. The van der Waals surface area contributed by atoms with Crippen molar-refractivity contribution in [2.75, 3.05) is 0 Å². The number of thiophene rings is 1. The highest BCUT2D eigenvalue weighted by Gasteiger charge is 2.04. The molecule has 0 aliphatic rings. The van der Waals surface area contributed by atoms with Crippen LogP contribution in [0.5, 0.6) is 11.5 Å². The van der Waals surface area contributed by atoms with Crippen molar-refractivity contribution in [3.63, 3.8) is 0 Å². The van der Waals surface area contributed by atoms with E-state index in [9.17, 15) is 5.11 Å². The van der Waals surface area contributed by atoms with Gasteiger partial charge in [0.25, 0.3) is 0 Å². The van der Waals surface area contributed by atoms with E-state index >= 15 is 0 Å². The monoisotopic (exact) mass is 284 g/mol. The first kappa shape index (κ1) is 10.5. The van der Waals surface area contributed by atoms with Crippen LogP contribution in [-0.2, 0) is 6.61 Å². The summed E-state index contributed by atoms with van der Waals surface area (Å²) in [6.07, 6.45) is 0. The van der Waals surface area contributed by atoms with Crippen molar-refractivity contribution >= 4 is 27.3 Å². The lowest BCUT2D eigenvalue weighted by molar-refractivity contribution is 0.291. The number of hydrogen-bond donors (Lipinski definition) is 1. The van der Waals surface area contributed by atoms with Crippen molar-refractivity contribution in [1.29, 1.82) is 0 Å². The summed E-state index contributed by atoms with van der Waals surface area (Å²) >= 11 is 5.05. The van der Waals surface area contributed by atoms with Crippen LogP contribution in [0.4, 0.5) is 0 Å². The SMILES string of the molecule is Oc1ccccc1OCc1sccc1Br. The minimum Gasteiger partial charge on any atom is -0.504 e. The second-order valence-electron chi connectivity index (χ2n) is 2.95. The molecule has 0 radical (unpaired) electrons. The molecule has 0 unspecified atom stereocenters. The fraction of sp³-hybridized carbons (Fsp3) is 0.0909. The van der Waals surface area contributed by atoms with Gasteiger partial charge in [0.05, 0.1) is 4.88 Å². The summed E-state index contributed by atoms with van der Waals surface area (Å²) in [6.45, 7) is 0.468. The Labute approximate surface area is 100 Å². The van der Waals surface area contributed by atoms with E-state index in [0.717, 1.165) is 9.35 Å². The summed E-state index contributed by atoms with van der Waals surface area (Å²) in [7, 11) is 0. The molecule has 1 N–H and O–H groups in total. The van der Waals surface area contributed by atoms with Gasteiger partial charge in [0, 0.05) is 4.47 Å². The summed E-state index contributed by atoms with van der Waals surface area (Å²) < 4.78 is 6.54. The fourth-order valence-electron chi connectivity index (χ4n) is 1.15. The number of hydrogen-bond acceptors (Lipinski definition) is 3. The lowest BCUT2D eigenvalue weighted by Crippen LogP contribution is -1.93. The minimum atomic E-state index is 0.171. The van der Waals surface area contributed by atoms with E-state index in [1.807, 2.05) is 17.5 Å². The lowest BCUT2D eigenvalue weighted by Gasteiger charge is -2.06. The molecule has 0 aliphatic carbocycles. The molecule has 78 valence electrons. The number of rotatable bonds is 3. The van der Waals surface area contributed by atoms with Crippen molar-refractivity contribution in [1.82, 2.24) is 0 Å². The van der Waals surface area contributed by atoms with E-state index in [2.05, 4.69) is 15.9 Å². The molecule has 0 bridgehead atoms. The molecule has 1 aromatic heterocycles. The molecule has 1 aromatic carbocycles. The summed E-state index contributed by atoms with van der Waals surface area (Å²) in [5, 5.41) is 11.5. The fourth-order valence-corrected chi connectivity index (χ4v) is 2.53. The Balaban J connectivity index is 2.06. The Morgan fingerprint density at radius 1 is 1.27 bits per heavy atom. The molecule has 0 aliphatic heterocycles. The van der Waals surface area contributed by atoms with Gasteiger partial charge in [-0.15, -0.1) is 11.3 Å². The molecule has 2 aromatic rings. The molecule has 0 saturated carbocycles. The van der Waals surface area contributed by atoms with Gasteiger partial charge in [0.2, 0.25) is 0 Å². The molecule has 0 amide bonds. The van der Waals surface area contributed by atoms with Crippen LogP contribution in [-0.4, -0.2) is 5.11 Å². The van der Waals surface area contributed by atoms with Gasteiger partial charge < -0.3 is 9.84 Å². The summed E-state index contributed by atoms with van der Waals surface area (Å²) in [5.41, 5.74) is 0. The third-order valence-electron chi connectivity index (χ3n) is 1.92. The molecule has 4 heteroatoms. The maximum atomic E-state index is 9.48. The number of aromatic hydroxyl groups is 1.